The number of nitrogens with zero attached hydrogens (tertiary/aromatic N) is 1. The highest BCUT2D eigenvalue weighted by atomic mass is 19.4. The first-order valence-electron chi connectivity index (χ1n) is 7.10. The van der Waals surface area contributed by atoms with E-state index in [4.69, 9.17) is 4.74 Å². The number of allylic oxidation sites excluding steroid dienone is 2. The summed E-state index contributed by atoms with van der Waals surface area (Å²) in [5.41, 5.74) is -5.68. The molecule has 0 amide bonds. The lowest BCUT2D eigenvalue weighted by Gasteiger charge is -2.42. The van der Waals surface area contributed by atoms with Crippen LogP contribution < -0.4 is 4.74 Å². The van der Waals surface area contributed by atoms with E-state index in [-0.39, 0.29) is 10.5 Å². The molecule has 0 bridgehead atoms. The smallest absolute Gasteiger partial charge is 0.454 e. The van der Waals surface area contributed by atoms with Gasteiger partial charge in [0, 0.05) is 12.7 Å². The first-order chi connectivity index (χ1) is 11.9. The predicted octanol–water partition coefficient (Wildman–Crippen LogP) is 3.33. The minimum atomic E-state index is -5.57. The number of methoxy groups -OCH3 is 1. The van der Waals surface area contributed by atoms with Crippen molar-refractivity contribution in [2.75, 3.05) is 7.11 Å². The Balaban J connectivity index is 2.44. The van der Waals surface area contributed by atoms with Crippen LogP contribution in [-0.4, -0.2) is 41.0 Å². The number of alkyl halides is 6. The van der Waals surface area contributed by atoms with E-state index >= 15 is 0 Å². The zero-order valence-electron chi connectivity index (χ0n) is 13.2. The lowest BCUT2D eigenvalue weighted by atomic mass is 9.92. The highest BCUT2D eigenvalue weighted by Gasteiger charge is 2.64. The van der Waals surface area contributed by atoms with Crippen LogP contribution in [0.1, 0.15) is 5.56 Å². The molecule has 0 radical (unpaired) electrons. The van der Waals surface area contributed by atoms with E-state index < -0.39 is 36.0 Å². The molecule has 0 spiro atoms. The lowest BCUT2D eigenvalue weighted by molar-refractivity contribution is -0.292. The number of benzene rings is 1. The third kappa shape index (κ3) is 3.55. The zero-order valence-corrected chi connectivity index (χ0v) is 13.2. The van der Waals surface area contributed by atoms with Crippen LogP contribution in [0.4, 0.5) is 26.3 Å². The average molecular weight is 381 g/mol. The quantitative estimate of drug-likeness (QED) is 0.813. The van der Waals surface area contributed by atoms with Gasteiger partial charge in [-0.05, 0) is 29.8 Å². The van der Waals surface area contributed by atoms with Gasteiger partial charge in [-0.2, -0.15) is 26.3 Å². The number of ether oxygens (including phenoxy) is 1. The standard InChI is InChI=1S/C16H13F6NO3/c1-26-11-6-4-10(5-7-11)9-23-8-2-3-12(13(24)15(17,18)19)14(23,25)16(20,21)22/h2-8,25H,9H2,1H3. The second-order valence-corrected chi connectivity index (χ2v) is 5.39. The number of aliphatic hydroxyl groups is 1. The molecule has 0 aliphatic carbocycles. The van der Waals surface area contributed by atoms with Gasteiger partial charge in [-0.3, -0.25) is 4.79 Å². The maximum Gasteiger partial charge on any atom is 0.454 e. The largest absolute Gasteiger partial charge is 0.497 e. The van der Waals surface area contributed by atoms with Crippen molar-refractivity contribution in [3.05, 3.63) is 53.8 Å². The van der Waals surface area contributed by atoms with Crippen LogP contribution in [0.25, 0.3) is 0 Å². The summed E-state index contributed by atoms with van der Waals surface area (Å²) >= 11 is 0. The minimum absolute atomic E-state index is 0.230. The molecule has 0 saturated carbocycles. The SMILES string of the molecule is COc1ccc(CN2C=CC=C(C(=O)C(F)(F)F)C2(O)C(F)(F)F)cc1. The molecule has 26 heavy (non-hydrogen) atoms. The van der Waals surface area contributed by atoms with E-state index in [9.17, 15) is 36.2 Å². The van der Waals surface area contributed by atoms with E-state index in [0.717, 1.165) is 12.3 Å². The van der Waals surface area contributed by atoms with Crippen molar-refractivity contribution in [2.24, 2.45) is 0 Å². The number of carbonyl (C=O) groups is 1. The molecular formula is C16H13F6NO3. The number of hydrogen-bond donors (Lipinski definition) is 1. The van der Waals surface area contributed by atoms with E-state index in [0.29, 0.717) is 11.8 Å². The Hall–Kier alpha value is -2.49. The Kier molecular flexibility index (Phi) is 5.09. The third-order valence-corrected chi connectivity index (χ3v) is 3.73. The Labute approximate surface area is 144 Å². The van der Waals surface area contributed by atoms with Crippen LogP contribution in [-0.2, 0) is 11.3 Å². The fourth-order valence-corrected chi connectivity index (χ4v) is 2.42. The van der Waals surface area contributed by atoms with Gasteiger partial charge in [-0.15, -0.1) is 0 Å². The average Bonchev–Trinajstić information content (AvgIpc) is 2.55. The fraction of sp³-hybridized carbons (Fsp3) is 0.312. The third-order valence-electron chi connectivity index (χ3n) is 3.73. The Morgan fingerprint density at radius 3 is 2.19 bits per heavy atom. The van der Waals surface area contributed by atoms with E-state index in [1.165, 1.54) is 31.4 Å². The van der Waals surface area contributed by atoms with Gasteiger partial charge in [0.25, 0.3) is 11.5 Å². The summed E-state index contributed by atoms with van der Waals surface area (Å²) in [4.78, 5) is 11.7. The van der Waals surface area contributed by atoms with E-state index in [2.05, 4.69) is 0 Å². The Morgan fingerprint density at radius 2 is 1.73 bits per heavy atom. The lowest BCUT2D eigenvalue weighted by Crippen LogP contribution is -2.61. The molecule has 0 saturated heterocycles. The molecule has 1 N–H and O–H groups in total. The summed E-state index contributed by atoms with van der Waals surface area (Å²) < 4.78 is 83.4. The number of carbonyl (C=O) groups excluding carboxylic acids is 1. The number of hydrogen-bond acceptors (Lipinski definition) is 4. The summed E-state index contributed by atoms with van der Waals surface area (Å²) in [6, 6.07) is 5.64. The molecule has 1 aliphatic rings. The van der Waals surface area contributed by atoms with Gasteiger partial charge < -0.3 is 14.7 Å². The van der Waals surface area contributed by atoms with Gasteiger partial charge in [-0.1, -0.05) is 12.1 Å². The van der Waals surface area contributed by atoms with Gasteiger partial charge in [0.05, 0.1) is 12.7 Å². The first-order valence-corrected chi connectivity index (χ1v) is 7.10. The van der Waals surface area contributed by atoms with Gasteiger partial charge in [-0.25, -0.2) is 0 Å². The normalized spacial score (nSPS) is 20.8. The minimum Gasteiger partial charge on any atom is -0.497 e. The van der Waals surface area contributed by atoms with E-state index in [1.807, 2.05) is 0 Å². The first kappa shape index (κ1) is 19.8. The van der Waals surface area contributed by atoms with Crippen LogP contribution in [0.3, 0.4) is 0 Å². The molecule has 1 atom stereocenters. The van der Waals surface area contributed by atoms with Crippen molar-refractivity contribution in [3.63, 3.8) is 0 Å². The van der Waals surface area contributed by atoms with Gasteiger partial charge >= 0.3 is 12.4 Å². The van der Waals surface area contributed by atoms with Crippen LogP contribution in [0.2, 0.25) is 0 Å². The van der Waals surface area contributed by atoms with Crippen LogP contribution in [0.15, 0.2) is 48.2 Å². The molecule has 2 rings (SSSR count). The van der Waals surface area contributed by atoms with Gasteiger partial charge in [0.2, 0.25) is 0 Å². The zero-order chi connectivity index (χ0) is 19.8. The highest BCUT2D eigenvalue weighted by molar-refractivity contribution is 6.01. The molecule has 4 nitrogen and oxygen atoms in total. The second kappa shape index (κ2) is 6.67. The second-order valence-electron chi connectivity index (χ2n) is 5.39. The molecule has 0 fully saturated rings. The van der Waals surface area contributed by atoms with Crippen molar-refractivity contribution in [2.45, 2.75) is 24.6 Å². The van der Waals surface area contributed by atoms with Crippen molar-refractivity contribution in [1.82, 2.24) is 4.90 Å². The summed E-state index contributed by atoms with van der Waals surface area (Å²) in [5, 5.41) is 10.2. The van der Waals surface area contributed by atoms with Gasteiger partial charge in [0.1, 0.15) is 5.75 Å². The number of Topliss-reactive ketones (excluding diaryl/α,β-unsaturated/α-hetero) is 1. The molecule has 1 aromatic carbocycles. The molecule has 1 aromatic rings. The van der Waals surface area contributed by atoms with Gasteiger partial charge in [0.15, 0.2) is 0 Å². The van der Waals surface area contributed by atoms with Crippen molar-refractivity contribution < 1.29 is 41.0 Å². The Morgan fingerprint density at radius 1 is 1.15 bits per heavy atom. The van der Waals surface area contributed by atoms with Crippen molar-refractivity contribution in [1.29, 1.82) is 0 Å². The van der Waals surface area contributed by atoms with Crippen LogP contribution in [0, 0.1) is 0 Å². The highest BCUT2D eigenvalue weighted by Crippen LogP contribution is 2.44. The van der Waals surface area contributed by atoms with Crippen molar-refractivity contribution >= 4 is 5.78 Å². The topological polar surface area (TPSA) is 49.8 Å². The molecule has 0 aromatic heterocycles. The summed E-state index contributed by atoms with van der Waals surface area (Å²) in [6.45, 7) is -0.598. The fourth-order valence-electron chi connectivity index (χ4n) is 2.42. The molecule has 142 valence electrons. The van der Waals surface area contributed by atoms with Crippen LogP contribution in [0.5, 0.6) is 5.75 Å². The summed E-state index contributed by atoms with van der Waals surface area (Å²) in [5.74, 6) is -2.34. The monoisotopic (exact) mass is 381 g/mol. The Bertz CT molecular complexity index is 736. The van der Waals surface area contributed by atoms with E-state index in [1.54, 1.807) is 0 Å². The maximum atomic E-state index is 13.5. The molecular weight excluding hydrogens is 368 g/mol. The summed E-state index contributed by atoms with van der Waals surface area (Å²) in [7, 11) is 1.38. The molecule has 10 heteroatoms. The molecule has 1 aliphatic heterocycles. The van der Waals surface area contributed by atoms with Crippen LogP contribution >= 0.6 is 0 Å². The number of rotatable bonds is 4. The number of halogens is 6. The number of ketones is 1. The molecule has 1 unspecified atom stereocenters. The summed E-state index contributed by atoms with van der Waals surface area (Å²) in [6.07, 6.45) is -9.21. The van der Waals surface area contributed by atoms with Crippen molar-refractivity contribution in [3.8, 4) is 5.75 Å². The maximum absolute atomic E-state index is 13.5. The molecule has 1 heterocycles. The predicted molar refractivity (Wildman–Crippen MR) is 77.8 cm³/mol.